The average molecular weight is 299 g/mol. The summed E-state index contributed by atoms with van der Waals surface area (Å²) in [5.41, 5.74) is 0.593. The number of nitrogens with zero attached hydrogens (tertiary/aromatic N) is 5. The number of carbonyl (C=O) groups excluding carboxylic acids is 1. The second-order valence-corrected chi connectivity index (χ2v) is 5.97. The zero-order valence-electron chi connectivity index (χ0n) is 12.2. The van der Waals surface area contributed by atoms with Gasteiger partial charge in [0.15, 0.2) is 0 Å². The van der Waals surface area contributed by atoms with E-state index >= 15 is 0 Å². The molecule has 0 N–H and O–H groups in total. The fraction of sp³-hybridized carbons (Fsp3) is 0.533. The Morgan fingerprint density at radius 1 is 1.23 bits per heavy atom. The van der Waals surface area contributed by atoms with E-state index < -0.39 is 0 Å². The molecule has 2 aromatic heterocycles. The minimum absolute atomic E-state index is 0.142. The van der Waals surface area contributed by atoms with Gasteiger partial charge in [-0.3, -0.25) is 9.78 Å². The molecule has 0 aromatic carbocycles. The van der Waals surface area contributed by atoms with Crippen LogP contribution < -0.4 is 0 Å². The van der Waals surface area contributed by atoms with Crippen molar-refractivity contribution in [1.82, 2.24) is 25.0 Å². The molecule has 0 bridgehead atoms. The van der Waals surface area contributed by atoms with Crippen LogP contribution in [0.1, 0.15) is 37.5 Å². The van der Waals surface area contributed by atoms with Crippen molar-refractivity contribution in [2.24, 2.45) is 5.92 Å². The van der Waals surface area contributed by atoms with E-state index in [1.54, 1.807) is 18.6 Å². The number of likely N-dealkylation sites (tertiary alicyclic amines) is 1. The van der Waals surface area contributed by atoms with Gasteiger partial charge >= 0.3 is 0 Å². The third kappa shape index (κ3) is 2.36. The van der Waals surface area contributed by atoms with Crippen molar-refractivity contribution in [1.29, 1.82) is 0 Å². The lowest BCUT2D eigenvalue weighted by Gasteiger charge is -2.38. The molecule has 22 heavy (non-hydrogen) atoms. The summed E-state index contributed by atoms with van der Waals surface area (Å²) in [6, 6.07) is 0. The smallest absolute Gasteiger partial charge is 0.233 e. The van der Waals surface area contributed by atoms with E-state index in [2.05, 4.69) is 20.1 Å². The van der Waals surface area contributed by atoms with Gasteiger partial charge in [0.2, 0.25) is 17.6 Å². The number of hydrogen-bond acceptors (Lipinski definition) is 6. The third-order valence-electron chi connectivity index (χ3n) is 4.48. The van der Waals surface area contributed by atoms with Crippen LogP contribution in [0.5, 0.6) is 0 Å². The molecule has 7 nitrogen and oxygen atoms in total. The third-order valence-corrected chi connectivity index (χ3v) is 4.48. The van der Waals surface area contributed by atoms with Gasteiger partial charge in [-0.2, -0.15) is 4.98 Å². The van der Waals surface area contributed by atoms with Gasteiger partial charge in [0.25, 0.3) is 0 Å². The molecular weight excluding hydrogens is 282 g/mol. The van der Waals surface area contributed by atoms with Gasteiger partial charge in [-0.25, -0.2) is 4.98 Å². The van der Waals surface area contributed by atoms with Crippen LogP contribution in [-0.2, 0) is 4.79 Å². The summed E-state index contributed by atoms with van der Waals surface area (Å²) in [6.07, 6.45) is 9.23. The summed E-state index contributed by atoms with van der Waals surface area (Å²) >= 11 is 0. The summed E-state index contributed by atoms with van der Waals surface area (Å²) in [6.45, 7) is 1.36. The van der Waals surface area contributed by atoms with Crippen LogP contribution in [0.4, 0.5) is 0 Å². The number of aromatic nitrogens is 4. The summed E-state index contributed by atoms with van der Waals surface area (Å²) in [5.74, 6) is 1.70. The van der Waals surface area contributed by atoms with E-state index in [9.17, 15) is 4.79 Å². The fourth-order valence-electron chi connectivity index (χ4n) is 3.17. The highest BCUT2D eigenvalue weighted by molar-refractivity contribution is 5.80. The van der Waals surface area contributed by atoms with Crippen molar-refractivity contribution >= 4 is 5.91 Å². The molecule has 1 saturated carbocycles. The van der Waals surface area contributed by atoms with Crippen molar-refractivity contribution < 1.29 is 9.32 Å². The first-order chi connectivity index (χ1) is 10.8. The van der Waals surface area contributed by atoms with Gasteiger partial charge in [-0.1, -0.05) is 18.0 Å². The standard InChI is InChI=1S/C15H17N5O2/c21-15(10-3-1-2-4-10)20-8-11(9-20)14-18-13(19-22-14)12-7-16-5-6-17-12/h5-7,10-11H,1-4,8-9H2. The Morgan fingerprint density at radius 2 is 2.05 bits per heavy atom. The second kappa shape index (κ2) is 5.47. The quantitative estimate of drug-likeness (QED) is 0.856. The van der Waals surface area contributed by atoms with Gasteiger partial charge < -0.3 is 9.42 Å². The Kier molecular flexibility index (Phi) is 3.32. The molecule has 0 atom stereocenters. The Hall–Kier alpha value is -2.31. The molecule has 7 heteroatoms. The number of hydrogen-bond donors (Lipinski definition) is 0. The maximum Gasteiger partial charge on any atom is 0.233 e. The van der Waals surface area contributed by atoms with Gasteiger partial charge in [-0.05, 0) is 12.8 Å². The Labute approximate surface area is 127 Å². The Morgan fingerprint density at radius 3 is 2.77 bits per heavy atom. The van der Waals surface area contributed by atoms with Gasteiger partial charge in [0, 0.05) is 31.4 Å². The molecule has 4 rings (SSSR count). The first-order valence-corrected chi connectivity index (χ1v) is 7.70. The zero-order valence-corrected chi connectivity index (χ0v) is 12.2. The summed E-state index contributed by atoms with van der Waals surface area (Å²) in [5, 5.41) is 3.94. The molecule has 0 spiro atoms. The van der Waals surface area contributed by atoms with Crippen LogP contribution in [0, 0.1) is 5.92 Å². The minimum Gasteiger partial charge on any atom is -0.341 e. The highest BCUT2D eigenvalue weighted by Gasteiger charge is 2.38. The molecule has 114 valence electrons. The van der Waals surface area contributed by atoms with Crippen LogP contribution in [0.15, 0.2) is 23.1 Å². The van der Waals surface area contributed by atoms with Crippen molar-refractivity contribution in [3.8, 4) is 11.5 Å². The molecule has 1 aliphatic heterocycles. The highest BCUT2D eigenvalue weighted by atomic mass is 16.5. The molecule has 3 heterocycles. The molecule has 1 saturated heterocycles. The molecule has 2 aromatic rings. The van der Waals surface area contributed by atoms with Crippen LogP contribution in [0.3, 0.4) is 0 Å². The number of carbonyl (C=O) groups is 1. The van der Waals surface area contributed by atoms with Crippen molar-refractivity contribution in [3.05, 3.63) is 24.5 Å². The van der Waals surface area contributed by atoms with E-state index in [1.807, 2.05) is 4.90 Å². The predicted molar refractivity (Wildman–Crippen MR) is 76.6 cm³/mol. The zero-order chi connectivity index (χ0) is 14.9. The van der Waals surface area contributed by atoms with E-state index in [0.717, 1.165) is 12.8 Å². The first-order valence-electron chi connectivity index (χ1n) is 7.70. The van der Waals surface area contributed by atoms with Gasteiger partial charge in [0.1, 0.15) is 5.69 Å². The number of rotatable bonds is 3. The highest BCUT2D eigenvalue weighted by Crippen LogP contribution is 2.32. The van der Waals surface area contributed by atoms with Gasteiger partial charge in [0.05, 0.1) is 12.1 Å². The molecule has 0 unspecified atom stereocenters. The molecule has 2 aliphatic rings. The largest absolute Gasteiger partial charge is 0.341 e. The van der Waals surface area contributed by atoms with Gasteiger partial charge in [-0.15, -0.1) is 0 Å². The molecule has 0 radical (unpaired) electrons. The van der Waals surface area contributed by atoms with Crippen LogP contribution in [0.2, 0.25) is 0 Å². The molecule has 1 amide bonds. The summed E-state index contributed by atoms with van der Waals surface area (Å²) in [4.78, 5) is 26.7. The molecule has 2 fully saturated rings. The average Bonchev–Trinajstić information content (AvgIpc) is 3.18. The summed E-state index contributed by atoms with van der Waals surface area (Å²) < 4.78 is 5.31. The Balaban J connectivity index is 1.39. The maximum absolute atomic E-state index is 12.3. The van der Waals surface area contributed by atoms with Crippen LogP contribution in [0.25, 0.3) is 11.5 Å². The lowest BCUT2D eigenvalue weighted by molar-refractivity contribution is -0.140. The van der Waals surface area contributed by atoms with E-state index in [0.29, 0.717) is 36.4 Å². The normalized spacial score (nSPS) is 19.4. The van der Waals surface area contributed by atoms with E-state index in [4.69, 9.17) is 4.52 Å². The topological polar surface area (TPSA) is 85.0 Å². The Bertz CT molecular complexity index is 660. The van der Waals surface area contributed by atoms with Crippen molar-refractivity contribution in [2.45, 2.75) is 31.6 Å². The first kappa shape index (κ1) is 13.4. The SMILES string of the molecule is O=C(C1CCCC1)N1CC(c2nc(-c3cnccn3)no2)C1. The van der Waals surface area contributed by atoms with Crippen LogP contribution in [-0.4, -0.2) is 44.0 Å². The molecule has 1 aliphatic carbocycles. The van der Waals surface area contributed by atoms with E-state index in [1.165, 1.54) is 12.8 Å². The maximum atomic E-state index is 12.3. The van der Waals surface area contributed by atoms with Crippen LogP contribution >= 0.6 is 0 Å². The van der Waals surface area contributed by atoms with Crippen molar-refractivity contribution in [3.63, 3.8) is 0 Å². The predicted octanol–water partition coefficient (Wildman–Crippen LogP) is 1.64. The second-order valence-electron chi connectivity index (χ2n) is 5.97. The lowest BCUT2D eigenvalue weighted by Crippen LogP contribution is -2.50. The fourth-order valence-corrected chi connectivity index (χ4v) is 3.17. The number of amides is 1. The minimum atomic E-state index is 0.142. The summed E-state index contributed by atoms with van der Waals surface area (Å²) in [7, 11) is 0. The molecular formula is C15H17N5O2. The van der Waals surface area contributed by atoms with Crippen molar-refractivity contribution in [2.75, 3.05) is 13.1 Å². The monoisotopic (exact) mass is 299 g/mol. The lowest BCUT2D eigenvalue weighted by atomic mass is 9.96. The van der Waals surface area contributed by atoms with E-state index in [-0.39, 0.29) is 11.8 Å².